The summed E-state index contributed by atoms with van der Waals surface area (Å²) in [7, 11) is 0. The van der Waals surface area contributed by atoms with Gasteiger partial charge in [0.05, 0.1) is 9.72 Å². The van der Waals surface area contributed by atoms with Gasteiger partial charge in [-0.1, -0.05) is 23.2 Å². The Morgan fingerprint density at radius 3 is 2.59 bits per heavy atom. The Hall–Kier alpha value is -1.23. The lowest BCUT2D eigenvalue weighted by Gasteiger charge is -2.01. The molecular formula is C11H5Cl2N3S. The fourth-order valence-electron chi connectivity index (χ4n) is 1.49. The third-order valence-electron chi connectivity index (χ3n) is 2.27. The lowest BCUT2D eigenvalue weighted by atomic mass is 10.2. The molecule has 0 aromatic carbocycles. The standard InChI is InChI=1S/C11H5Cl2N3S/c12-7-5-17-9-8(7)15-11(16-10(9)13)6-1-3-14-4-2-6/h1-5H. The molecule has 0 aliphatic heterocycles. The number of hydrogen-bond acceptors (Lipinski definition) is 4. The number of hydrogen-bond donors (Lipinski definition) is 0. The third kappa shape index (κ3) is 1.88. The highest BCUT2D eigenvalue weighted by atomic mass is 35.5. The van der Waals surface area contributed by atoms with E-state index in [1.165, 1.54) is 11.3 Å². The van der Waals surface area contributed by atoms with Gasteiger partial charge in [0.15, 0.2) is 11.0 Å². The first-order valence-corrected chi connectivity index (χ1v) is 6.40. The van der Waals surface area contributed by atoms with E-state index in [1.54, 1.807) is 12.4 Å². The Bertz CT molecular complexity index is 682. The Morgan fingerprint density at radius 1 is 1.06 bits per heavy atom. The molecule has 0 unspecified atom stereocenters. The minimum Gasteiger partial charge on any atom is -0.265 e. The van der Waals surface area contributed by atoms with Gasteiger partial charge < -0.3 is 0 Å². The SMILES string of the molecule is Clc1csc2c(Cl)nc(-c3ccncc3)nc12. The van der Waals surface area contributed by atoms with Crippen molar-refractivity contribution >= 4 is 44.8 Å². The number of pyridine rings is 1. The molecule has 0 bridgehead atoms. The van der Waals surface area contributed by atoms with E-state index in [2.05, 4.69) is 15.0 Å². The molecule has 0 N–H and O–H groups in total. The van der Waals surface area contributed by atoms with Crippen molar-refractivity contribution in [1.82, 2.24) is 15.0 Å². The molecule has 17 heavy (non-hydrogen) atoms. The molecular weight excluding hydrogens is 277 g/mol. The molecule has 0 aliphatic carbocycles. The van der Waals surface area contributed by atoms with Gasteiger partial charge in [-0.15, -0.1) is 11.3 Å². The van der Waals surface area contributed by atoms with Crippen molar-refractivity contribution in [3.8, 4) is 11.4 Å². The second-order valence-electron chi connectivity index (χ2n) is 3.34. The summed E-state index contributed by atoms with van der Waals surface area (Å²) in [5, 5.41) is 2.84. The molecule has 3 nitrogen and oxygen atoms in total. The first-order chi connectivity index (χ1) is 8.25. The van der Waals surface area contributed by atoms with Gasteiger partial charge in [0.2, 0.25) is 0 Å². The second-order valence-corrected chi connectivity index (χ2v) is 4.98. The van der Waals surface area contributed by atoms with E-state index in [-0.39, 0.29) is 0 Å². The van der Waals surface area contributed by atoms with E-state index < -0.39 is 0 Å². The van der Waals surface area contributed by atoms with Crippen LogP contribution in [0.2, 0.25) is 10.2 Å². The Morgan fingerprint density at radius 2 is 1.82 bits per heavy atom. The van der Waals surface area contributed by atoms with E-state index in [0.29, 0.717) is 21.5 Å². The largest absolute Gasteiger partial charge is 0.265 e. The van der Waals surface area contributed by atoms with Crippen molar-refractivity contribution in [3.63, 3.8) is 0 Å². The minimum atomic E-state index is 0.429. The zero-order chi connectivity index (χ0) is 11.8. The predicted molar refractivity (Wildman–Crippen MR) is 70.7 cm³/mol. The maximum absolute atomic E-state index is 6.11. The van der Waals surface area contributed by atoms with Crippen LogP contribution in [-0.2, 0) is 0 Å². The van der Waals surface area contributed by atoms with Crippen molar-refractivity contribution in [2.45, 2.75) is 0 Å². The molecule has 0 spiro atoms. The highest BCUT2D eigenvalue weighted by Crippen LogP contribution is 2.34. The predicted octanol–water partition coefficient (Wildman–Crippen LogP) is 4.06. The van der Waals surface area contributed by atoms with Gasteiger partial charge in [-0.25, -0.2) is 9.97 Å². The topological polar surface area (TPSA) is 38.7 Å². The molecule has 0 atom stereocenters. The fourth-order valence-corrected chi connectivity index (χ4v) is 2.86. The number of rotatable bonds is 1. The average molecular weight is 282 g/mol. The molecule has 3 rings (SSSR count). The molecule has 3 heterocycles. The van der Waals surface area contributed by atoms with Gasteiger partial charge in [-0.3, -0.25) is 4.98 Å². The van der Waals surface area contributed by atoms with Gasteiger partial charge in [0, 0.05) is 23.3 Å². The van der Waals surface area contributed by atoms with Crippen LogP contribution in [0.4, 0.5) is 0 Å². The Kier molecular flexibility index (Phi) is 2.70. The summed E-state index contributed by atoms with van der Waals surface area (Å²) in [6.45, 7) is 0. The van der Waals surface area contributed by atoms with Crippen LogP contribution in [0.25, 0.3) is 21.6 Å². The summed E-state index contributed by atoms with van der Waals surface area (Å²) in [4.78, 5) is 12.6. The molecule has 0 radical (unpaired) electrons. The summed E-state index contributed by atoms with van der Waals surface area (Å²) >= 11 is 13.6. The van der Waals surface area contributed by atoms with Crippen molar-refractivity contribution in [2.24, 2.45) is 0 Å². The van der Waals surface area contributed by atoms with Crippen molar-refractivity contribution < 1.29 is 0 Å². The quantitative estimate of drug-likeness (QED) is 0.632. The van der Waals surface area contributed by atoms with Gasteiger partial charge >= 0.3 is 0 Å². The molecule has 0 saturated carbocycles. The Balaban J connectivity index is 2.28. The van der Waals surface area contributed by atoms with E-state index in [1.807, 2.05) is 17.5 Å². The minimum absolute atomic E-state index is 0.429. The van der Waals surface area contributed by atoms with Crippen LogP contribution in [0.15, 0.2) is 29.9 Å². The van der Waals surface area contributed by atoms with Crippen molar-refractivity contribution in [1.29, 1.82) is 0 Å². The van der Waals surface area contributed by atoms with E-state index in [0.717, 1.165) is 10.3 Å². The monoisotopic (exact) mass is 281 g/mol. The van der Waals surface area contributed by atoms with Crippen LogP contribution in [-0.4, -0.2) is 15.0 Å². The Labute approximate surface area is 111 Å². The van der Waals surface area contributed by atoms with Crippen LogP contribution >= 0.6 is 34.5 Å². The molecule has 3 aromatic heterocycles. The summed E-state index contributed by atoms with van der Waals surface area (Å²) < 4.78 is 0.814. The highest BCUT2D eigenvalue weighted by molar-refractivity contribution is 7.18. The van der Waals surface area contributed by atoms with Crippen LogP contribution in [0, 0.1) is 0 Å². The second kappa shape index (κ2) is 4.22. The molecule has 0 amide bonds. The molecule has 84 valence electrons. The molecule has 0 saturated heterocycles. The first-order valence-electron chi connectivity index (χ1n) is 4.76. The van der Waals surface area contributed by atoms with Crippen molar-refractivity contribution in [2.75, 3.05) is 0 Å². The summed E-state index contributed by atoms with van der Waals surface area (Å²) in [5.74, 6) is 0.560. The number of halogens is 2. The average Bonchev–Trinajstić information content (AvgIpc) is 2.73. The van der Waals surface area contributed by atoms with Gasteiger partial charge in [0.1, 0.15) is 5.52 Å². The lowest BCUT2D eigenvalue weighted by molar-refractivity contribution is 1.22. The van der Waals surface area contributed by atoms with Crippen LogP contribution < -0.4 is 0 Å². The first kappa shape index (κ1) is 10.9. The van der Waals surface area contributed by atoms with Gasteiger partial charge in [-0.05, 0) is 12.1 Å². The zero-order valence-electron chi connectivity index (χ0n) is 8.39. The molecule has 6 heteroatoms. The molecule has 0 aliphatic rings. The summed E-state index contributed by atoms with van der Waals surface area (Å²) in [6, 6.07) is 3.66. The normalized spacial score (nSPS) is 10.9. The number of nitrogens with zero attached hydrogens (tertiary/aromatic N) is 3. The maximum atomic E-state index is 6.11. The van der Waals surface area contributed by atoms with E-state index in [4.69, 9.17) is 23.2 Å². The van der Waals surface area contributed by atoms with Crippen LogP contribution in [0.1, 0.15) is 0 Å². The van der Waals surface area contributed by atoms with Crippen molar-refractivity contribution in [3.05, 3.63) is 40.1 Å². The summed E-state index contributed by atoms with van der Waals surface area (Å²) in [5.41, 5.74) is 1.56. The zero-order valence-corrected chi connectivity index (χ0v) is 10.7. The van der Waals surface area contributed by atoms with Crippen LogP contribution in [0.5, 0.6) is 0 Å². The number of fused-ring (bicyclic) bond motifs is 1. The highest BCUT2D eigenvalue weighted by Gasteiger charge is 2.11. The smallest absolute Gasteiger partial charge is 0.161 e. The third-order valence-corrected chi connectivity index (χ3v) is 4.05. The number of aromatic nitrogens is 3. The fraction of sp³-hybridized carbons (Fsp3) is 0. The molecule has 0 fully saturated rings. The van der Waals surface area contributed by atoms with Gasteiger partial charge in [0.25, 0.3) is 0 Å². The van der Waals surface area contributed by atoms with Crippen LogP contribution in [0.3, 0.4) is 0 Å². The van der Waals surface area contributed by atoms with E-state index in [9.17, 15) is 0 Å². The molecule has 3 aromatic rings. The lowest BCUT2D eigenvalue weighted by Crippen LogP contribution is -1.90. The maximum Gasteiger partial charge on any atom is 0.161 e. The van der Waals surface area contributed by atoms with E-state index >= 15 is 0 Å². The van der Waals surface area contributed by atoms with Gasteiger partial charge in [-0.2, -0.15) is 0 Å². The number of thiophene rings is 1. The summed E-state index contributed by atoms with van der Waals surface area (Å²) in [6.07, 6.45) is 3.37.